The Balaban J connectivity index is 1.84. The minimum Gasteiger partial charge on any atom is -0.399 e. The van der Waals surface area contributed by atoms with Crippen LogP contribution in [0.15, 0.2) is 18.2 Å². The van der Waals surface area contributed by atoms with E-state index in [1.54, 1.807) is 6.07 Å². The van der Waals surface area contributed by atoms with Crippen LogP contribution in [-0.4, -0.2) is 54.9 Å². The van der Waals surface area contributed by atoms with Crippen molar-refractivity contribution in [3.8, 4) is 0 Å². The number of hydrogen-bond acceptors (Lipinski definition) is 5. The quantitative estimate of drug-likeness (QED) is 0.692. The lowest BCUT2D eigenvalue weighted by molar-refractivity contribution is -0.117. The zero-order valence-electron chi connectivity index (χ0n) is 12.3. The molecule has 1 saturated heterocycles. The molecule has 4 N–H and O–H groups in total. The van der Waals surface area contributed by atoms with Crippen LogP contribution in [-0.2, 0) is 9.53 Å². The second-order valence-electron chi connectivity index (χ2n) is 5.32. The summed E-state index contributed by atoms with van der Waals surface area (Å²) in [7, 11) is 0. The number of carbonyl (C=O) groups excluding carboxylic acids is 1. The van der Waals surface area contributed by atoms with Crippen molar-refractivity contribution in [1.29, 1.82) is 0 Å². The van der Waals surface area contributed by atoms with Gasteiger partial charge in [-0.2, -0.15) is 0 Å². The second kappa shape index (κ2) is 7.40. The van der Waals surface area contributed by atoms with Crippen molar-refractivity contribution in [2.75, 3.05) is 44.0 Å². The van der Waals surface area contributed by atoms with E-state index in [2.05, 4.69) is 10.2 Å². The minimum absolute atomic E-state index is 0.00944. The first-order valence-corrected chi connectivity index (χ1v) is 7.19. The highest BCUT2D eigenvalue weighted by Gasteiger charge is 2.22. The molecule has 1 aromatic carbocycles. The summed E-state index contributed by atoms with van der Waals surface area (Å²) in [5.74, 6) is -0.0361. The fourth-order valence-corrected chi connectivity index (χ4v) is 2.44. The largest absolute Gasteiger partial charge is 0.399 e. The molecule has 0 bridgehead atoms. The van der Waals surface area contributed by atoms with E-state index in [1.165, 1.54) is 0 Å². The van der Waals surface area contributed by atoms with Crippen LogP contribution in [0.1, 0.15) is 12.0 Å². The normalized spacial score (nSPS) is 19.4. The molecule has 1 heterocycles. The Morgan fingerprint density at radius 2 is 2.38 bits per heavy atom. The molecule has 2 rings (SSSR count). The zero-order valence-corrected chi connectivity index (χ0v) is 12.3. The van der Waals surface area contributed by atoms with Gasteiger partial charge in [0.15, 0.2) is 0 Å². The molecule has 1 unspecified atom stereocenters. The van der Waals surface area contributed by atoms with Crippen LogP contribution in [0.4, 0.5) is 11.4 Å². The van der Waals surface area contributed by atoms with Crippen LogP contribution in [0.5, 0.6) is 0 Å². The van der Waals surface area contributed by atoms with E-state index in [-0.39, 0.29) is 18.6 Å². The van der Waals surface area contributed by atoms with Gasteiger partial charge in [-0.05, 0) is 30.7 Å². The van der Waals surface area contributed by atoms with Crippen molar-refractivity contribution in [2.45, 2.75) is 19.4 Å². The standard InChI is InChI=1S/C15H23N3O3/c1-11-8-12(16)2-3-14(11)17-15(20)4-5-18-6-7-21-10-13(18)9-19/h2-3,8,13,19H,4-7,9-10,16H2,1H3,(H,17,20). The van der Waals surface area contributed by atoms with E-state index in [1.807, 2.05) is 19.1 Å². The van der Waals surface area contributed by atoms with Gasteiger partial charge in [0.1, 0.15) is 0 Å². The summed E-state index contributed by atoms with van der Waals surface area (Å²) < 4.78 is 5.32. The topological polar surface area (TPSA) is 87.8 Å². The number of aliphatic hydroxyl groups is 1. The van der Waals surface area contributed by atoms with Crippen LogP contribution in [0.2, 0.25) is 0 Å². The monoisotopic (exact) mass is 293 g/mol. The van der Waals surface area contributed by atoms with Gasteiger partial charge in [0.2, 0.25) is 5.91 Å². The van der Waals surface area contributed by atoms with Crippen molar-refractivity contribution >= 4 is 17.3 Å². The molecular weight excluding hydrogens is 270 g/mol. The molecule has 6 heteroatoms. The maximum Gasteiger partial charge on any atom is 0.225 e. The number of nitrogens with two attached hydrogens (primary N) is 1. The molecule has 1 amide bonds. The molecule has 0 aromatic heterocycles. The molecule has 0 aliphatic carbocycles. The maximum absolute atomic E-state index is 12.0. The van der Waals surface area contributed by atoms with Gasteiger partial charge in [-0.3, -0.25) is 9.69 Å². The van der Waals surface area contributed by atoms with Gasteiger partial charge >= 0.3 is 0 Å². The Kier molecular flexibility index (Phi) is 5.55. The molecule has 0 radical (unpaired) electrons. The number of amides is 1. The van der Waals surface area contributed by atoms with E-state index in [0.29, 0.717) is 31.9 Å². The van der Waals surface area contributed by atoms with Crippen LogP contribution >= 0.6 is 0 Å². The van der Waals surface area contributed by atoms with Gasteiger partial charge in [0.05, 0.1) is 25.9 Å². The second-order valence-corrected chi connectivity index (χ2v) is 5.32. The fraction of sp³-hybridized carbons (Fsp3) is 0.533. The summed E-state index contributed by atoms with van der Waals surface area (Å²) >= 11 is 0. The Morgan fingerprint density at radius 1 is 1.57 bits per heavy atom. The van der Waals surface area contributed by atoms with Crippen molar-refractivity contribution in [3.63, 3.8) is 0 Å². The molecule has 1 aromatic rings. The summed E-state index contributed by atoms with van der Waals surface area (Å²) in [5, 5.41) is 12.2. The first-order chi connectivity index (χ1) is 10.1. The Labute approximate surface area is 124 Å². The smallest absolute Gasteiger partial charge is 0.225 e. The number of ether oxygens (including phenoxy) is 1. The van der Waals surface area contributed by atoms with Crippen LogP contribution in [0, 0.1) is 6.92 Å². The molecule has 1 fully saturated rings. The highest BCUT2D eigenvalue weighted by Crippen LogP contribution is 2.18. The highest BCUT2D eigenvalue weighted by molar-refractivity contribution is 5.91. The summed E-state index contributed by atoms with van der Waals surface area (Å²) in [4.78, 5) is 14.1. The average molecular weight is 293 g/mol. The molecule has 0 spiro atoms. The summed E-state index contributed by atoms with van der Waals surface area (Å²) in [5.41, 5.74) is 8.11. The highest BCUT2D eigenvalue weighted by atomic mass is 16.5. The molecule has 0 saturated carbocycles. The Bertz CT molecular complexity index is 493. The predicted octanol–water partition coefficient (Wildman–Crippen LogP) is 0.599. The Morgan fingerprint density at radius 3 is 3.10 bits per heavy atom. The number of carbonyl (C=O) groups is 1. The van der Waals surface area contributed by atoms with Crippen LogP contribution < -0.4 is 11.1 Å². The van der Waals surface area contributed by atoms with Gasteiger partial charge in [0.25, 0.3) is 0 Å². The maximum atomic E-state index is 12.0. The number of nitrogens with zero attached hydrogens (tertiary/aromatic N) is 1. The fourth-order valence-electron chi connectivity index (χ4n) is 2.44. The SMILES string of the molecule is Cc1cc(N)ccc1NC(=O)CCN1CCOCC1CO. The number of rotatable bonds is 5. The molecule has 116 valence electrons. The van der Waals surface area contributed by atoms with Gasteiger partial charge in [-0.1, -0.05) is 0 Å². The minimum atomic E-state index is -0.0361. The first kappa shape index (κ1) is 15.8. The number of aliphatic hydroxyl groups excluding tert-OH is 1. The molecule has 1 atom stereocenters. The van der Waals surface area contributed by atoms with E-state index < -0.39 is 0 Å². The number of aryl methyl sites for hydroxylation is 1. The lowest BCUT2D eigenvalue weighted by Crippen LogP contribution is -2.48. The third-order valence-electron chi connectivity index (χ3n) is 3.71. The molecule has 21 heavy (non-hydrogen) atoms. The van der Waals surface area contributed by atoms with Crippen LogP contribution in [0.25, 0.3) is 0 Å². The van der Waals surface area contributed by atoms with Gasteiger partial charge in [-0.15, -0.1) is 0 Å². The third-order valence-corrected chi connectivity index (χ3v) is 3.71. The number of hydrogen-bond donors (Lipinski definition) is 3. The predicted molar refractivity (Wildman–Crippen MR) is 82.1 cm³/mol. The Hall–Kier alpha value is -1.63. The number of nitrogen functional groups attached to an aromatic ring is 1. The van der Waals surface area contributed by atoms with Crippen molar-refractivity contribution in [3.05, 3.63) is 23.8 Å². The number of anilines is 2. The van der Waals surface area contributed by atoms with E-state index >= 15 is 0 Å². The molecule has 1 aliphatic heterocycles. The van der Waals surface area contributed by atoms with E-state index in [4.69, 9.17) is 10.5 Å². The average Bonchev–Trinajstić information content (AvgIpc) is 2.48. The summed E-state index contributed by atoms with van der Waals surface area (Å²) in [6.45, 7) is 4.51. The number of morpholine rings is 1. The van der Waals surface area contributed by atoms with Gasteiger partial charge in [-0.25, -0.2) is 0 Å². The summed E-state index contributed by atoms with van der Waals surface area (Å²) in [6, 6.07) is 5.41. The van der Waals surface area contributed by atoms with E-state index in [0.717, 1.165) is 17.8 Å². The van der Waals surface area contributed by atoms with E-state index in [9.17, 15) is 9.90 Å². The van der Waals surface area contributed by atoms with Gasteiger partial charge < -0.3 is 20.9 Å². The third kappa shape index (κ3) is 4.42. The molecule has 6 nitrogen and oxygen atoms in total. The number of benzene rings is 1. The lowest BCUT2D eigenvalue weighted by atomic mass is 10.1. The van der Waals surface area contributed by atoms with Crippen molar-refractivity contribution in [1.82, 2.24) is 4.90 Å². The van der Waals surface area contributed by atoms with Crippen LogP contribution in [0.3, 0.4) is 0 Å². The zero-order chi connectivity index (χ0) is 15.2. The van der Waals surface area contributed by atoms with Gasteiger partial charge in [0, 0.05) is 30.9 Å². The van der Waals surface area contributed by atoms with Crippen molar-refractivity contribution in [2.24, 2.45) is 0 Å². The lowest BCUT2D eigenvalue weighted by Gasteiger charge is -2.34. The summed E-state index contributed by atoms with van der Waals surface area (Å²) in [6.07, 6.45) is 0.389. The van der Waals surface area contributed by atoms with Crippen molar-refractivity contribution < 1.29 is 14.6 Å². The molecular formula is C15H23N3O3. The first-order valence-electron chi connectivity index (χ1n) is 7.19. The number of nitrogens with one attached hydrogen (secondary N) is 1. The molecule has 1 aliphatic rings.